The van der Waals surface area contributed by atoms with Crippen molar-refractivity contribution in [3.8, 4) is 0 Å². The third-order valence-electron chi connectivity index (χ3n) is 4.20. The average molecular weight is 376 g/mol. The maximum atomic E-state index is 12.4. The van der Waals surface area contributed by atoms with Crippen LogP contribution in [-0.4, -0.2) is 23.2 Å². The summed E-state index contributed by atoms with van der Waals surface area (Å²) in [6.45, 7) is 4.17. The largest absolute Gasteiger partial charge is 0.378 e. The van der Waals surface area contributed by atoms with E-state index in [0.717, 1.165) is 22.5 Å². The molecule has 1 amide bonds. The van der Waals surface area contributed by atoms with E-state index in [4.69, 9.17) is 11.6 Å². The Bertz CT molecular complexity index is 1010. The average Bonchev–Trinajstić information content (AvgIpc) is 3.12. The number of anilines is 1. The van der Waals surface area contributed by atoms with Gasteiger partial charge in [-0.3, -0.25) is 4.79 Å². The number of halogens is 1. The standard InChI is InChI=1S/C21H15ClN4O/c1-2-14-7-9-15(10-8-14)19-12-20-24-16(11-21(27)26(20)25-19)13-23-18-6-4-3-5-17(18)22/h2-11,23H,1,13H2/p+1. The summed E-state index contributed by atoms with van der Waals surface area (Å²) in [5.41, 5.74) is 4.03. The van der Waals surface area contributed by atoms with E-state index in [1.807, 2.05) is 48.5 Å². The fraction of sp³-hybridized carbons (Fsp3) is 0.0476. The molecule has 0 aromatic heterocycles. The van der Waals surface area contributed by atoms with Gasteiger partial charge in [0.05, 0.1) is 17.3 Å². The fourth-order valence-electron chi connectivity index (χ4n) is 2.78. The molecule has 2 N–H and O–H groups in total. The monoisotopic (exact) mass is 375 g/mol. The van der Waals surface area contributed by atoms with Crippen molar-refractivity contribution in [3.05, 3.63) is 94.9 Å². The van der Waals surface area contributed by atoms with Gasteiger partial charge in [-0.25, -0.2) is 0 Å². The highest BCUT2D eigenvalue weighted by molar-refractivity contribution is 6.33. The molecule has 2 aliphatic rings. The second-order valence-electron chi connectivity index (χ2n) is 6.03. The predicted octanol–water partition coefficient (Wildman–Crippen LogP) is 3.77. The Morgan fingerprint density at radius 1 is 1.22 bits per heavy atom. The topological polar surface area (TPSA) is 56.7 Å². The van der Waals surface area contributed by atoms with Gasteiger partial charge in [-0.2, -0.15) is 0 Å². The summed E-state index contributed by atoms with van der Waals surface area (Å²) >= 11 is 6.15. The highest BCUT2D eigenvalue weighted by Crippen LogP contribution is 2.23. The van der Waals surface area contributed by atoms with Crippen LogP contribution in [0.1, 0.15) is 11.1 Å². The zero-order valence-electron chi connectivity index (χ0n) is 14.4. The van der Waals surface area contributed by atoms with E-state index in [9.17, 15) is 4.79 Å². The molecule has 132 valence electrons. The number of nitrogens with zero attached hydrogens (tertiary/aromatic N) is 2. The van der Waals surface area contributed by atoms with Gasteiger partial charge in [-0.1, -0.05) is 36.4 Å². The van der Waals surface area contributed by atoms with Gasteiger partial charge in [0.1, 0.15) is 5.56 Å². The minimum absolute atomic E-state index is 0.218. The van der Waals surface area contributed by atoms with Crippen molar-refractivity contribution in [2.75, 3.05) is 11.9 Å². The van der Waals surface area contributed by atoms with E-state index in [1.165, 1.54) is 11.1 Å². The first-order valence-corrected chi connectivity index (χ1v) is 8.77. The summed E-state index contributed by atoms with van der Waals surface area (Å²) in [4.78, 5) is 12.4. The molecule has 2 aromatic rings. The molecule has 0 radical (unpaired) electrons. The molecule has 0 saturated carbocycles. The number of para-hydroxylation sites is 1. The van der Waals surface area contributed by atoms with Crippen molar-refractivity contribution < 1.29 is 4.79 Å². The zero-order valence-corrected chi connectivity index (χ0v) is 15.1. The molecular formula is C21H16ClN4O+. The summed E-state index contributed by atoms with van der Waals surface area (Å²) in [6, 6.07) is 15.2. The van der Waals surface area contributed by atoms with Crippen LogP contribution < -0.4 is 10.6 Å². The molecule has 6 heteroatoms. The number of carbonyl (C=O) groups is 1. The SMILES string of the molecule is C=Cc1ccc(C2=NN3C(=O)C=C(CNc4ccccc4Cl)NC3=[C+]2)cc1. The number of amides is 1. The predicted molar refractivity (Wildman–Crippen MR) is 108 cm³/mol. The lowest BCUT2D eigenvalue weighted by atomic mass is 10.1. The summed E-state index contributed by atoms with van der Waals surface area (Å²) in [5, 5.41) is 12.7. The lowest BCUT2D eigenvalue weighted by Crippen LogP contribution is -2.37. The summed E-state index contributed by atoms with van der Waals surface area (Å²) in [5.74, 6) is 0.297. The van der Waals surface area contributed by atoms with E-state index in [-0.39, 0.29) is 5.91 Å². The second kappa shape index (κ2) is 7.08. The lowest BCUT2D eigenvalue weighted by Gasteiger charge is -2.20. The van der Waals surface area contributed by atoms with Crippen molar-refractivity contribution >= 4 is 35.0 Å². The Hall–Kier alpha value is -3.40. The molecule has 0 bridgehead atoms. The third-order valence-corrected chi connectivity index (χ3v) is 4.53. The smallest absolute Gasteiger partial charge is 0.316 e. The molecule has 27 heavy (non-hydrogen) atoms. The number of hydrogen-bond donors (Lipinski definition) is 2. The molecule has 0 spiro atoms. The zero-order chi connectivity index (χ0) is 18.8. The van der Waals surface area contributed by atoms with Gasteiger partial charge in [0, 0.05) is 23.9 Å². The summed E-state index contributed by atoms with van der Waals surface area (Å²) in [7, 11) is 0. The number of carbonyl (C=O) groups excluding carboxylic acids is 1. The van der Waals surface area contributed by atoms with Crippen molar-refractivity contribution in [3.63, 3.8) is 0 Å². The van der Waals surface area contributed by atoms with Crippen LogP contribution in [0.2, 0.25) is 5.02 Å². The van der Waals surface area contributed by atoms with Crippen LogP contribution >= 0.6 is 11.6 Å². The molecule has 0 aliphatic carbocycles. The van der Waals surface area contributed by atoms with E-state index >= 15 is 0 Å². The van der Waals surface area contributed by atoms with E-state index < -0.39 is 0 Å². The maximum absolute atomic E-state index is 12.4. The quantitative estimate of drug-likeness (QED) is 0.782. The third kappa shape index (κ3) is 3.47. The number of nitrogens with one attached hydrogen (secondary N) is 2. The highest BCUT2D eigenvalue weighted by Gasteiger charge is 2.36. The Labute approximate surface area is 162 Å². The van der Waals surface area contributed by atoms with Crippen LogP contribution in [0.4, 0.5) is 5.69 Å². The van der Waals surface area contributed by atoms with Gasteiger partial charge in [0.2, 0.25) is 0 Å². The molecule has 4 rings (SSSR count). The molecule has 5 nitrogen and oxygen atoms in total. The number of fused-ring (bicyclic) bond motifs is 1. The molecule has 2 heterocycles. The molecule has 2 aliphatic heterocycles. The van der Waals surface area contributed by atoms with E-state index in [1.54, 1.807) is 6.08 Å². The number of allylic oxidation sites excluding steroid dienone is 1. The minimum atomic E-state index is -0.218. The molecule has 0 unspecified atom stereocenters. The van der Waals surface area contributed by atoms with Gasteiger partial charge in [-0.15, -0.1) is 10.1 Å². The second-order valence-corrected chi connectivity index (χ2v) is 6.43. The van der Waals surface area contributed by atoms with Crippen LogP contribution in [-0.2, 0) is 4.79 Å². The highest BCUT2D eigenvalue weighted by atomic mass is 35.5. The van der Waals surface area contributed by atoms with Gasteiger partial charge in [0.25, 0.3) is 11.7 Å². The van der Waals surface area contributed by atoms with Crippen molar-refractivity contribution in [2.45, 2.75) is 0 Å². The summed E-state index contributed by atoms with van der Waals surface area (Å²) < 4.78 is 0. The fourth-order valence-corrected chi connectivity index (χ4v) is 2.98. The van der Waals surface area contributed by atoms with Crippen LogP contribution in [0.3, 0.4) is 0 Å². The lowest BCUT2D eigenvalue weighted by molar-refractivity contribution is -0.124. The summed E-state index contributed by atoms with van der Waals surface area (Å²) in [6.07, 6.45) is 6.45. The first-order chi connectivity index (χ1) is 13.1. The number of rotatable bonds is 5. The van der Waals surface area contributed by atoms with Crippen molar-refractivity contribution in [1.82, 2.24) is 10.3 Å². The maximum Gasteiger partial charge on any atom is 0.316 e. The van der Waals surface area contributed by atoms with Crippen LogP contribution in [0.15, 0.2) is 77.8 Å². The first-order valence-electron chi connectivity index (χ1n) is 8.39. The van der Waals surface area contributed by atoms with Gasteiger partial charge >= 0.3 is 5.71 Å². The van der Waals surface area contributed by atoms with Gasteiger partial charge in [-0.05, 0) is 29.8 Å². The number of benzene rings is 2. The van der Waals surface area contributed by atoms with Gasteiger partial charge < -0.3 is 10.6 Å². The normalized spacial score (nSPS) is 15.1. The Morgan fingerprint density at radius 2 is 2.00 bits per heavy atom. The first kappa shape index (κ1) is 17.0. The minimum Gasteiger partial charge on any atom is -0.378 e. The Balaban J connectivity index is 1.49. The van der Waals surface area contributed by atoms with Crippen LogP contribution in [0.5, 0.6) is 0 Å². The molecule has 0 saturated heterocycles. The van der Waals surface area contributed by atoms with Crippen LogP contribution in [0, 0.1) is 6.08 Å². The molecule has 0 fully saturated rings. The molecular weight excluding hydrogens is 360 g/mol. The Morgan fingerprint density at radius 3 is 2.74 bits per heavy atom. The number of hydrazone groups is 1. The van der Waals surface area contributed by atoms with Crippen LogP contribution in [0.25, 0.3) is 6.08 Å². The van der Waals surface area contributed by atoms with Crippen molar-refractivity contribution in [1.29, 1.82) is 0 Å². The molecule has 2 aromatic carbocycles. The van der Waals surface area contributed by atoms with E-state index in [0.29, 0.717) is 23.1 Å². The molecule has 0 atom stereocenters. The number of hydrogen-bond acceptors (Lipinski definition) is 4. The van der Waals surface area contributed by atoms with Gasteiger partial charge in [0.15, 0.2) is 6.08 Å². The van der Waals surface area contributed by atoms with E-state index in [2.05, 4.69) is 28.4 Å². The van der Waals surface area contributed by atoms with Crippen molar-refractivity contribution in [2.24, 2.45) is 5.10 Å². The Kier molecular flexibility index (Phi) is 4.47.